The smallest absolute Gasteiger partial charge is 0.274 e. The first-order valence-corrected chi connectivity index (χ1v) is 6.57. The monoisotopic (exact) mass is 289 g/mol. The molecule has 0 saturated carbocycles. The maximum Gasteiger partial charge on any atom is 0.274 e. The quantitative estimate of drug-likeness (QED) is 0.675. The molecule has 0 spiro atoms. The fourth-order valence-electron chi connectivity index (χ4n) is 2.12. The maximum absolute atomic E-state index is 10.9. The molecular weight excluding hydrogens is 270 g/mol. The molecule has 112 valence electrons. The number of benzene rings is 1. The number of hydrogen-bond acceptors (Lipinski definition) is 5. The van der Waals surface area contributed by atoms with Gasteiger partial charge < -0.3 is 14.8 Å². The number of rotatable bonds is 5. The van der Waals surface area contributed by atoms with Crippen LogP contribution in [-0.4, -0.2) is 28.6 Å². The predicted octanol–water partition coefficient (Wildman–Crippen LogP) is 2.31. The fraction of sp³-hybridized carbons (Fsp3) is 0.357. The zero-order valence-corrected chi connectivity index (χ0v) is 12.6. The summed E-state index contributed by atoms with van der Waals surface area (Å²) in [5, 5.41) is 14.1. The van der Waals surface area contributed by atoms with Crippen molar-refractivity contribution in [3.05, 3.63) is 45.8 Å². The number of nitro benzene ring substituents is 1. The van der Waals surface area contributed by atoms with Gasteiger partial charge in [0.15, 0.2) is 0 Å². The van der Waals surface area contributed by atoms with E-state index in [-0.39, 0.29) is 10.6 Å². The highest BCUT2D eigenvalue weighted by Crippen LogP contribution is 2.23. The number of hydrogen-bond donors (Lipinski definition) is 1. The molecule has 0 saturated heterocycles. The topological polar surface area (TPSA) is 76.2 Å². The third-order valence-electron chi connectivity index (χ3n) is 3.34. The second-order valence-corrected chi connectivity index (χ2v) is 5.11. The molecule has 0 atom stereocenters. The lowest BCUT2D eigenvalue weighted by atomic mass is 10.2. The summed E-state index contributed by atoms with van der Waals surface area (Å²) in [6.45, 7) is 2.28. The molecule has 0 amide bonds. The van der Waals surface area contributed by atoms with Crippen molar-refractivity contribution in [3.8, 4) is 0 Å². The van der Waals surface area contributed by atoms with Gasteiger partial charge in [0.2, 0.25) is 5.95 Å². The Labute approximate surface area is 123 Å². The number of aryl methyl sites for hydroxylation is 1. The summed E-state index contributed by atoms with van der Waals surface area (Å²) in [5.41, 5.74) is 2.50. The minimum Gasteiger partial charge on any atom is -0.379 e. The van der Waals surface area contributed by atoms with Crippen molar-refractivity contribution < 1.29 is 4.92 Å². The van der Waals surface area contributed by atoms with Gasteiger partial charge in [-0.25, -0.2) is 4.98 Å². The van der Waals surface area contributed by atoms with Crippen LogP contribution in [0, 0.1) is 17.0 Å². The van der Waals surface area contributed by atoms with Crippen LogP contribution in [0.3, 0.4) is 0 Å². The van der Waals surface area contributed by atoms with E-state index in [1.807, 2.05) is 36.7 Å². The fourth-order valence-corrected chi connectivity index (χ4v) is 2.12. The van der Waals surface area contributed by atoms with Crippen LogP contribution >= 0.6 is 0 Å². The maximum atomic E-state index is 10.9. The highest BCUT2D eigenvalue weighted by molar-refractivity contribution is 5.55. The number of nitrogens with zero attached hydrogens (tertiary/aromatic N) is 4. The number of nitrogens with one attached hydrogen (secondary N) is 1. The Bertz CT molecular complexity index is 663. The van der Waals surface area contributed by atoms with Crippen molar-refractivity contribution in [1.29, 1.82) is 0 Å². The average molecular weight is 289 g/mol. The molecule has 1 aromatic carbocycles. The normalized spacial score (nSPS) is 10.5. The summed E-state index contributed by atoms with van der Waals surface area (Å²) in [4.78, 5) is 16.8. The molecule has 1 N–H and O–H groups in total. The number of aromatic nitrogens is 2. The largest absolute Gasteiger partial charge is 0.379 e. The van der Waals surface area contributed by atoms with Gasteiger partial charge >= 0.3 is 0 Å². The van der Waals surface area contributed by atoms with Gasteiger partial charge in [-0.1, -0.05) is 6.07 Å². The zero-order valence-electron chi connectivity index (χ0n) is 12.6. The summed E-state index contributed by atoms with van der Waals surface area (Å²) >= 11 is 0. The van der Waals surface area contributed by atoms with Crippen LogP contribution in [0.25, 0.3) is 0 Å². The van der Waals surface area contributed by atoms with Crippen molar-refractivity contribution in [3.63, 3.8) is 0 Å². The van der Waals surface area contributed by atoms with Gasteiger partial charge in [0, 0.05) is 38.5 Å². The Kier molecular flexibility index (Phi) is 4.11. The first-order valence-electron chi connectivity index (χ1n) is 6.57. The summed E-state index contributed by atoms with van der Waals surface area (Å²) < 4.78 is 1.98. The van der Waals surface area contributed by atoms with E-state index < -0.39 is 0 Å². The Balaban J connectivity index is 2.13. The molecule has 0 unspecified atom stereocenters. The third kappa shape index (κ3) is 3.13. The summed E-state index contributed by atoms with van der Waals surface area (Å²) in [7, 11) is 5.81. The Morgan fingerprint density at radius 2 is 2.14 bits per heavy atom. The Hall–Kier alpha value is -2.57. The minimum absolute atomic E-state index is 0.124. The second-order valence-electron chi connectivity index (χ2n) is 5.11. The first kappa shape index (κ1) is 14.8. The lowest BCUT2D eigenvalue weighted by Gasteiger charge is -2.13. The standard InChI is InChI=1S/C14H19N5O2/c1-10-5-6-11(7-13(10)19(20)21)15-8-12-9-16-14(17(2)3)18(12)4/h5-7,9,15H,8H2,1-4H3. The zero-order chi connectivity index (χ0) is 15.6. The molecule has 0 aliphatic carbocycles. The van der Waals surface area contributed by atoms with E-state index in [4.69, 9.17) is 0 Å². The summed E-state index contributed by atoms with van der Waals surface area (Å²) in [5.74, 6) is 0.863. The van der Waals surface area contributed by atoms with E-state index in [2.05, 4.69) is 10.3 Å². The van der Waals surface area contributed by atoms with E-state index in [1.165, 1.54) is 0 Å². The first-order chi connectivity index (χ1) is 9.90. The van der Waals surface area contributed by atoms with Crippen molar-refractivity contribution in [1.82, 2.24) is 9.55 Å². The minimum atomic E-state index is -0.366. The van der Waals surface area contributed by atoms with Gasteiger partial charge in [-0.2, -0.15) is 0 Å². The van der Waals surface area contributed by atoms with Crippen LogP contribution in [0.1, 0.15) is 11.3 Å². The van der Waals surface area contributed by atoms with E-state index in [0.717, 1.165) is 17.3 Å². The highest BCUT2D eigenvalue weighted by atomic mass is 16.6. The molecule has 0 bridgehead atoms. The van der Waals surface area contributed by atoms with E-state index in [0.29, 0.717) is 12.1 Å². The lowest BCUT2D eigenvalue weighted by Crippen LogP contribution is -2.15. The molecule has 0 fully saturated rings. The molecule has 0 aliphatic heterocycles. The molecule has 7 heteroatoms. The van der Waals surface area contributed by atoms with Crippen LogP contribution in [0.2, 0.25) is 0 Å². The van der Waals surface area contributed by atoms with Crippen LogP contribution in [-0.2, 0) is 13.6 Å². The number of nitro groups is 1. The van der Waals surface area contributed by atoms with E-state index in [1.54, 1.807) is 25.3 Å². The van der Waals surface area contributed by atoms with E-state index in [9.17, 15) is 10.1 Å². The third-order valence-corrected chi connectivity index (χ3v) is 3.34. The molecule has 0 aliphatic rings. The van der Waals surface area contributed by atoms with Crippen LogP contribution in [0.5, 0.6) is 0 Å². The van der Waals surface area contributed by atoms with Crippen LogP contribution < -0.4 is 10.2 Å². The molecule has 1 aromatic heterocycles. The van der Waals surface area contributed by atoms with E-state index >= 15 is 0 Å². The van der Waals surface area contributed by atoms with Gasteiger partial charge in [-0.15, -0.1) is 0 Å². The molecule has 21 heavy (non-hydrogen) atoms. The Morgan fingerprint density at radius 3 is 2.71 bits per heavy atom. The SMILES string of the molecule is Cc1ccc(NCc2cnc(N(C)C)n2C)cc1[N+](=O)[O-]. The molecule has 2 rings (SSSR count). The molecule has 2 aromatic rings. The van der Waals surface area contributed by atoms with Crippen molar-refractivity contribution >= 4 is 17.3 Å². The van der Waals surface area contributed by atoms with Crippen molar-refractivity contribution in [2.75, 3.05) is 24.3 Å². The summed E-state index contributed by atoms with van der Waals surface area (Å²) in [6, 6.07) is 5.14. The summed E-state index contributed by atoms with van der Waals surface area (Å²) in [6.07, 6.45) is 1.80. The van der Waals surface area contributed by atoms with Gasteiger partial charge in [0.25, 0.3) is 5.69 Å². The molecule has 1 heterocycles. The van der Waals surface area contributed by atoms with Crippen molar-refractivity contribution in [2.45, 2.75) is 13.5 Å². The molecule has 7 nitrogen and oxygen atoms in total. The highest BCUT2D eigenvalue weighted by Gasteiger charge is 2.12. The van der Waals surface area contributed by atoms with Crippen LogP contribution in [0.4, 0.5) is 17.3 Å². The Morgan fingerprint density at radius 1 is 1.43 bits per heavy atom. The molecule has 0 radical (unpaired) electrons. The molecular formula is C14H19N5O2. The second kappa shape index (κ2) is 5.82. The predicted molar refractivity (Wildman–Crippen MR) is 82.7 cm³/mol. The van der Waals surface area contributed by atoms with Gasteiger partial charge in [0.05, 0.1) is 23.4 Å². The number of anilines is 2. The average Bonchev–Trinajstić information content (AvgIpc) is 2.79. The van der Waals surface area contributed by atoms with Crippen LogP contribution in [0.15, 0.2) is 24.4 Å². The van der Waals surface area contributed by atoms with Gasteiger partial charge in [-0.05, 0) is 13.0 Å². The van der Waals surface area contributed by atoms with Crippen molar-refractivity contribution in [2.24, 2.45) is 7.05 Å². The number of imidazole rings is 1. The lowest BCUT2D eigenvalue weighted by molar-refractivity contribution is -0.385. The van der Waals surface area contributed by atoms with Gasteiger partial charge in [0.1, 0.15) is 0 Å². The van der Waals surface area contributed by atoms with Gasteiger partial charge in [-0.3, -0.25) is 10.1 Å².